The van der Waals surface area contributed by atoms with E-state index in [1.165, 1.54) is 25.9 Å². The van der Waals surface area contributed by atoms with Crippen molar-refractivity contribution in [2.45, 2.75) is 45.6 Å². The van der Waals surface area contributed by atoms with Gasteiger partial charge in [-0.3, -0.25) is 4.79 Å². The van der Waals surface area contributed by atoms with E-state index in [0.717, 1.165) is 26.1 Å². The number of nitrogens with one attached hydrogen (secondary N) is 2. The smallest absolute Gasteiger partial charge is 0.219 e. The van der Waals surface area contributed by atoms with Gasteiger partial charge in [-0.2, -0.15) is 0 Å². The molecule has 2 atom stereocenters. The van der Waals surface area contributed by atoms with Crippen LogP contribution >= 0.6 is 0 Å². The first-order chi connectivity index (χ1) is 8.61. The minimum absolute atomic E-state index is 0.190. The van der Waals surface area contributed by atoms with Crippen molar-refractivity contribution in [1.29, 1.82) is 0 Å². The van der Waals surface area contributed by atoms with Gasteiger partial charge in [-0.1, -0.05) is 13.8 Å². The molecular formula is C14H27N3O. The average molecular weight is 253 g/mol. The molecule has 2 N–H and O–H groups in total. The largest absolute Gasteiger partial charge is 0.352 e. The van der Waals surface area contributed by atoms with Crippen molar-refractivity contribution in [3.63, 3.8) is 0 Å². The fourth-order valence-corrected chi connectivity index (χ4v) is 3.19. The maximum Gasteiger partial charge on any atom is 0.219 e. The van der Waals surface area contributed by atoms with Crippen LogP contribution in [0.3, 0.4) is 0 Å². The normalized spacial score (nSPS) is 33.6. The van der Waals surface area contributed by atoms with Gasteiger partial charge in [-0.05, 0) is 37.8 Å². The lowest BCUT2D eigenvalue weighted by molar-refractivity contribution is -0.121. The first kappa shape index (κ1) is 13.8. The minimum Gasteiger partial charge on any atom is -0.352 e. The molecule has 2 unspecified atom stereocenters. The second-order valence-electron chi connectivity index (χ2n) is 6.23. The van der Waals surface area contributed by atoms with E-state index in [1.54, 1.807) is 0 Å². The Bertz CT molecular complexity index is 287. The van der Waals surface area contributed by atoms with E-state index in [9.17, 15) is 4.79 Å². The van der Waals surface area contributed by atoms with Crippen molar-refractivity contribution in [2.75, 3.05) is 32.7 Å². The van der Waals surface area contributed by atoms with Gasteiger partial charge >= 0.3 is 0 Å². The molecule has 2 aliphatic heterocycles. The molecule has 0 spiro atoms. The molecule has 1 amide bonds. The predicted molar refractivity (Wildman–Crippen MR) is 73.5 cm³/mol. The molecule has 4 heteroatoms. The van der Waals surface area contributed by atoms with Crippen LogP contribution in [0.2, 0.25) is 0 Å². The van der Waals surface area contributed by atoms with Gasteiger partial charge < -0.3 is 15.5 Å². The van der Waals surface area contributed by atoms with Crippen molar-refractivity contribution in [3.05, 3.63) is 0 Å². The Morgan fingerprint density at radius 2 is 2.39 bits per heavy atom. The summed E-state index contributed by atoms with van der Waals surface area (Å²) in [5.41, 5.74) is 0.427. The van der Waals surface area contributed by atoms with Crippen LogP contribution in [0, 0.1) is 5.41 Å². The molecule has 0 aromatic heterocycles. The van der Waals surface area contributed by atoms with Crippen molar-refractivity contribution in [3.8, 4) is 0 Å². The molecule has 0 saturated carbocycles. The molecule has 2 aliphatic rings. The molecule has 4 nitrogen and oxygen atoms in total. The molecule has 104 valence electrons. The second-order valence-corrected chi connectivity index (χ2v) is 6.23. The summed E-state index contributed by atoms with van der Waals surface area (Å²) in [5.74, 6) is 0.190. The third-order valence-corrected chi connectivity index (χ3v) is 4.25. The van der Waals surface area contributed by atoms with Crippen molar-refractivity contribution in [2.24, 2.45) is 5.41 Å². The lowest BCUT2D eigenvalue weighted by Crippen LogP contribution is -2.50. The van der Waals surface area contributed by atoms with Gasteiger partial charge in [0.1, 0.15) is 0 Å². The maximum absolute atomic E-state index is 11.5. The summed E-state index contributed by atoms with van der Waals surface area (Å²) in [6, 6.07) is 0.365. The standard InChI is InChI=1S/C14H27N3O/c1-3-13(18)16-12-5-4-8-17(9-12)11-14(2)6-7-15-10-14/h12,15H,3-11H2,1-2H3,(H,16,18). The van der Waals surface area contributed by atoms with Crippen LogP contribution in [0.25, 0.3) is 0 Å². The lowest BCUT2D eigenvalue weighted by atomic mass is 9.88. The second kappa shape index (κ2) is 6.02. The Labute approximate surface area is 110 Å². The number of rotatable bonds is 4. The van der Waals surface area contributed by atoms with E-state index in [4.69, 9.17) is 0 Å². The van der Waals surface area contributed by atoms with Crippen LogP contribution in [-0.4, -0.2) is 49.6 Å². The number of amides is 1. The Hall–Kier alpha value is -0.610. The first-order valence-corrected chi connectivity index (χ1v) is 7.34. The molecule has 0 bridgehead atoms. The third kappa shape index (κ3) is 3.69. The average Bonchev–Trinajstić information content (AvgIpc) is 2.76. The molecule has 0 radical (unpaired) electrons. The highest BCUT2D eigenvalue weighted by atomic mass is 16.1. The highest BCUT2D eigenvalue weighted by Gasteiger charge is 2.32. The fraction of sp³-hybridized carbons (Fsp3) is 0.929. The van der Waals surface area contributed by atoms with Crippen LogP contribution in [0.4, 0.5) is 0 Å². The summed E-state index contributed by atoms with van der Waals surface area (Å²) in [5, 5.41) is 6.60. The Balaban J connectivity index is 1.81. The lowest BCUT2D eigenvalue weighted by Gasteiger charge is -2.37. The molecule has 2 fully saturated rings. The minimum atomic E-state index is 0.190. The highest BCUT2D eigenvalue weighted by molar-refractivity contribution is 5.75. The molecule has 2 heterocycles. The van der Waals surface area contributed by atoms with Gasteiger partial charge in [-0.25, -0.2) is 0 Å². The van der Waals surface area contributed by atoms with Gasteiger partial charge in [0.05, 0.1) is 0 Å². The Morgan fingerprint density at radius 3 is 3.06 bits per heavy atom. The molecule has 2 rings (SSSR count). The van der Waals surface area contributed by atoms with E-state index in [2.05, 4.69) is 22.5 Å². The van der Waals surface area contributed by atoms with E-state index in [0.29, 0.717) is 17.9 Å². The highest BCUT2D eigenvalue weighted by Crippen LogP contribution is 2.27. The number of hydrogen-bond donors (Lipinski definition) is 2. The molecular weight excluding hydrogens is 226 g/mol. The van der Waals surface area contributed by atoms with Crippen LogP contribution in [0.15, 0.2) is 0 Å². The molecule has 0 aliphatic carbocycles. The molecule has 0 aromatic carbocycles. The zero-order chi connectivity index (χ0) is 13.0. The summed E-state index contributed by atoms with van der Waals surface area (Å²) in [4.78, 5) is 14.0. The number of likely N-dealkylation sites (tertiary alicyclic amines) is 1. The van der Waals surface area contributed by atoms with Crippen LogP contribution in [-0.2, 0) is 4.79 Å². The van der Waals surface area contributed by atoms with Gasteiger partial charge in [0.25, 0.3) is 0 Å². The number of piperidine rings is 1. The summed E-state index contributed by atoms with van der Waals surface area (Å²) in [7, 11) is 0. The van der Waals surface area contributed by atoms with Crippen molar-refractivity contribution >= 4 is 5.91 Å². The summed E-state index contributed by atoms with van der Waals surface area (Å²) < 4.78 is 0. The van der Waals surface area contributed by atoms with E-state index >= 15 is 0 Å². The summed E-state index contributed by atoms with van der Waals surface area (Å²) in [6.45, 7) is 9.96. The SMILES string of the molecule is CCC(=O)NC1CCCN(CC2(C)CCNC2)C1. The molecule has 0 aromatic rings. The quantitative estimate of drug-likeness (QED) is 0.785. The van der Waals surface area contributed by atoms with Crippen LogP contribution in [0.1, 0.15) is 39.5 Å². The fourth-order valence-electron chi connectivity index (χ4n) is 3.19. The molecule has 18 heavy (non-hydrogen) atoms. The monoisotopic (exact) mass is 253 g/mol. The maximum atomic E-state index is 11.5. The zero-order valence-corrected chi connectivity index (χ0v) is 11.8. The van der Waals surface area contributed by atoms with Crippen molar-refractivity contribution in [1.82, 2.24) is 15.5 Å². The summed E-state index contributed by atoms with van der Waals surface area (Å²) >= 11 is 0. The number of hydrogen-bond acceptors (Lipinski definition) is 3. The topological polar surface area (TPSA) is 44.4 Å². The predicted octanol–water partition coefficient (Wildman–Crippen LogP) is 0.977. The van der Waals surface area contributed by atoms with E-state index in [1.807, 2.05) is 6.92 Å². The number of carbonyl (C=O) groups is 1. The van der Waals surface area contributed by atoms with Gasteiger partial charge in [0.15, 0.2) is 0 Å². The van der Waals surface area contributed by atoms with Crippen molar-refractivity contribution < 1.29 is 4.79 Å². The van der Waals surface area contributed by atoms with Gasteiger partial charge in [-0.15, -0.1) is 0 Å². The van der Waals surface area contributed by atoms with Gasteiger partial charge in [0, 0.05) is 32.1 Å². The number of carbonyl (C=O) groups excluding carboxylic acids is 1. The van der Waals surface area contributed by atoms with Gasteiger partial charge in [0.2, 0.25) is 5.91 Å². The third-order valence-electron chi connectivity index (χ3n) is 4.25. The van der Waals surface area contributed by atoms with E-state index in [-0.39, 0.29) is 5.91 Å². The van der Waals surface area contributed by atoms with E-state index < -0.39 is 0 Å². The Morgan fingerprint density at radius 1 is 1.56 bits per heavy atom. The Kier molecular flexibility index (Phi) is 4.62. The summed E-state index contributed by atoms with van der Waals surface area (Å²) in [6.07, 6.45) is 4.21. The molecule has 2 saturated heterocycles. The first-order valence-electron chi connectivity index (χ1n) is 7.34. The van der Waals surface area contributed by atoms with Crippen LogP contribution in [0.5, 0.6) is 0 Å². The number of nitrogens with zero attached hydrogens (tertiary/aromatic N) is 1. The van der Waals surface area contributed by atoms with Crippen LogP contribution < -0.4 is 10.6 Å². The zero-order valence-electron chi connectivity index (χ0n) is 11.8.